The van der Waals surface area contributed by atoms with Gasteiger partial charge in [0, 0.05) is 31.9 Å². The minimum absolute atomic E-state index is 0.717. The normalized spacial score (nSPS) is 14.4. The molecule has 1 fully saturated rings. The molecule has 0 atom stereocenters. The lowest BCUT2D eigenvalue weighted by Gasteiger charge is -2.37. The number of benzene rings is 2. The van der Waals surface area contributed by atoms with Crippen molar-refractivity contribution in [2.75, 3.05) is 36.0 Å². The Kier molecular flexibility index (Phi) is 5.28. The number of nitrogens with zero attached hydrogens (tertiary/aromatic N) is 6. The zero-order valence-corrected chi connectivity index (χ0v) is 18.2. The lowest BCUT2D eigenvalue weighted by Crippen LogP contribution is -2.47. The number of aryl methyl sites for hydroxylation is 2. The number of aromatic nitrogens is 4. The van der Waals surface area contributed by atoms with Gasteiger partial charge in [0.05, 0.1) is 17.6 Å². The van der Waals surface area contributed by atoms with Crippen molar-refractivity contribution in [3.8, 4) is 0 Å². The van der Waals surface area contributed by atoms with E-state index in [1.54, 1.807) is 6.33 Å². The van der Waals surface area contributed by atoms with Crippen molar-refractivity contribution in [1.29, 1.82) is 0 Å². The SMILES string of the molecule is CCc1nn(Cc2ccccc2)c2ncnc(N3CCN(c4ccc(C)cc4)CC3)c12. The maximum absolute atomic E-state index is 4.91. The Morgan fingerprint density at radius 1 is 0.839 bits per heavy atom. The van der Waals surface area contributed by atoms with Gasteiger partial charge in [-0.15, -0.1) is 0 Å². The molecule has 0 amide bonds. The van der Waals surface area contributed by atoms with E-state index in [-0.39, 0.29) is 0 Å². The predicted octanol–water partition coefficient (Wildman–Crippen LogP) is 4.07. The van der Waals surface area contributed by atoms with E-state index in [2.05, 4.69) is 77.2 Å². The van der Waals surface area contributed by atoms with E-state index in [0.717, 1.165) is 61.7 Å². The fourth-order valence-corrected chi connectivity index (χ4v) is 4.35. The molecule has 0 aliphatic carbocycles. The molecule has 0 spiro atoms. The monoisotopic (exact) mass is 412 g/mol. The molecular weight excluding hydrogens is 384 g/mol. The largest absolute Gasteiger partial charge is 0.368 e. The molecule has 4 aromatic rings. The second-order valence-electron chi connectivity index (χ2n) is 8.15. The number of hydrogen-bond acceptors (Lipinski definition) is 5. The molecule has 0 N–H and O–H groups in total. The van der Waals surface area contributed by atoms with E-state index >= 15 is 0 Å². The maximum Gasteiger partial charge on any atom is 0.163 e. The van der Waals surface area contributed by atoms with Crippen LogP contribution in [0.3, 0.4) is 0 Å². The van der Waals surface area contributed by atoms with E-state index in [4.69, 9.17) is 10.1 Å². The first kappa shape index (κ1) is 19.5. The summed E-state index contributed by atoms with van der Waals surface area (Å²) in [4.78, 5) is 14.2. The molecule has 0 bridgehead atoms. The Balaban J connectivity index is 1.42. The summed E-state index contributed by atoms with van der Waals surface area (Å²) in [5, 5.41) is 6.01. The van der Waals surface area contributed by atoms with Gasteiger partial charge in [0.2, 0.25) is 0 Å². The van der Waals surface area contributed by atoms with E-state index in [1.165, 1.54) is 16.8 Å². The van der Waals surface area contributed by atoms with E-state index in [1.807, 2.05) is 10.7 Å². The van der Waals surface area contributed by atoms with Crippen molar-refractivity contribution < 1.29 is 0 Å². The van der Waals surface area contributed by atoms with Crippen LogP contribution in [0.4, 0.5) is 11.5 Å². The lowest BCUT2D eigenvalue weighted by molar-refractivity contribution is 0.648. The highest BCUT2D eigenvalue weighted by atomic mass is 15.3. The zero-order valence-electron chi connectivity index (χ0n) is 18.2. The highest BCUT2D eigenvalue weighted by Gasteiger charge is 2.23. The quantitative estimate of drug-likeness (QED) is 0.495. The minimum Gasteiger partial charge on any atom is -0.368 e. The number of fused-ring (bicyclic) bond motifs is 1. The van der Waals surface area contributed by atoms with Gasteiger partial charge >= 0.3 is 0 Å². The summed E-state index contributed by atoms with van der Waals surface area (Å²) in [6, 6.07) is 19.2. The molecule has 5 rings (SSSR count). The smallest absolute Gasteiger partial charge is 0.163 e. The van der Waals surface area contributed by atoms with Crippen LogP contribution in [0.1, 0.15) is 23.7 Å². The van der Waals surface area contributed by atoms with Crippen LogP contribution >= 0.6 is 0 Å². The van der Waals surface area contributed by atoms with Crippen molar-refractivity contribution in [3.63, 3.8) is 0 Å². The van der Waals surface area contributed by atoms with Gasteiger partial charge in [0.1, 0.15) is 12.1 Å². The summed E-state index contributed by atoms with van der Waals surface area (Å²) in [6.07, 6.45) is 2.55. The standard InChI is InChI=1S/C25H28N6/c1-3-22-23-24(30-15-13-29(14-16-30)21-11-9-19(2)10-12-21)26-18-27-25(23)31(28-22)17-20-7-5-4-6-8-20/h4-12,18H,3,13-17H2,1-2H3. The molecule has 3 heterocycles. The van der Waals surface area contributed by atoms with Gasteiger partial charge < -0.3 is 9.80 Å². The Morgan fingerprint density at radius 2 is 1.55 bits per heavy atom. The summed E-state index contributed by atoms with van der Waals surface area (Å²) < 4.78 is 2.03. The first-order chi connectivity index (χ1) is 15.2. The third kappa shape index (κ3) is 3.85. The number of piperazine rings is 1. The van der Waals surface area contributed by atoms with Crippen LogP contribution in [0.5, 0.6) is 0 Å². The Labute approximate surface area is 183 Å². The third-order valence-electron chi connectivity index (χ3n) is 6.07. The number of anilines is 2. The van der Waals surface area contributed by atoms with Gasteiger partial charge in [-0.3, -0.25) is 0 Å². The molecule has 31 heavy (non-hydrogen) atoms. The highest BCUT2D eigenvalue weighted by Crippen LogP contribution is 2.29. The predicted molar refractivity (Wildman–Crippen MR) is 126 cm³/mol. The number of hydrogen-bond donors (Lipinski definition) is 0. The molecule has 2 aromatic heterocycles. The van der Waals surface area contributed by atoms with Crippen LogP contribution in [-0.4, -0.2) is 45.9 Å². The Morgan fingerprint density at radius 3 is 2.26 bits per heavy atom. The van der Waals surface area contributed by atoms with Crippen molar-refractivity contribution >= 4 is 22.5 Å². The molecule has 1 aliphatic rings. The van der Waals surface area contributed by atoms with Crippen molar-refractivity contribution in [2.24, 2.45) is 0 Å². The van der Waals surface area contributed by atoms with E-state index < -0.39 is 0 Å². The fourth-order valence-electron chi connectivity index (χ4n) is 4.35. The van der Waals surface area contributed by atoms with E-state index in [9.17, 15) is 0 Å². The summed E-state index contributed by atoms with van der Waals surface area (Å²) in [7, 11) is 0. The Bertz CT molecular complexity index is 1160. The van der Waals surface area contributed by atoms with Crippen LogP contribution < -0.4 is 9.80 Å². The summed E-state index contributed by atoms with van der Waals surface area (Å²) >= 11 is 0. The van der Waals surface area contributed by atoms with Crippen molar-refractivity contribution in [3.05, 3.63) is 77.7 Å². The molecule has 1 aliphatic heterocycles. The van der Waals surface area contributed by atoms with Gasteiger partial charge in [-0.1, -0.05) is 55.0 Å². The average molecular weight is 413 g/mol. The highest BCUT2D eigenvalue weighted by molar-refractivity contribution is 5.90. The molecular formula is C25H28N6. The molecule has 6 heteroatoms. The molecule has 0 saturated carbocycles. The number of rotatable bonds is 5. The van der Waals surface area contributed by atoms with Crippen molar-refractivity contribution in [2.45, 2.75) is 26.8 Å². The molecule has 6 nitrogen and oxygen atoms in total. The first-order valence-electron chi connectivity index (χ1n) is 11.0. The maximum atomic E-state index is 4.91. The van der Waals surface area contributed by atoms with Gasteiger partial charge in [-0.25, -0.2) is 14.6 Å². The first-order valence-corrected chi connectivity index (χ1v) is 11.0. The topological polar surface area (TPSA) is 50.1 Å². The van der Waals surface area contributed by atoms with Crippen LogP contribution in [-0.2, 0) is 13.0 Å². The molecule has 1 saturated heterocycles. The van der Waals surface area contributed by atoms with Crippen LogP contribution in [0.2, 0.25) is 0 Å². The van der Waals surface area contributed by atoms with Crippen molar-refractivity contribution in [1.82, 2.24) is 19.7 Å². The van der Waals surface area contributed by atoms with Gasteiger partial charge in [-0.2, -0.15) is 5.10 Å². The van der Waals surface area contributed by atoms with Gasteiger partial charge in [0.15, 0.2) is 5.65 Å². The molecule has 0 radical (unpaired) electrons. The summed E-state index contributed by atoms with van der Waals surface area (Å²) in [5.74, 6) is 1.02. The fraction of sp³-hybridized carbons (Fsp3) is 0.320. The average Bonchev–Trinajstić information content (AvgIpc) is 3.18. The second kappa shape index (κ2) is 8.38. The molecule has 158 valence electrons. The molecule has 2 aromatic carbocycles. The lowest BCUT2D eigenvalue weighted by atomic mass is 10.2. The summed E-state index contributed by atoms with van der Waals surface area (Å²) in [6.45, 7) is 8.84. The second-order valence-corrected chi connectivity index (χ2v) is 8.15. The summed E-state index contributed by atoms with van der Waals surface area (Å²) in [5.41, 5.74) is 5.81. The van der Waals surface area contributed by atoms with Crippen LogP contribution in [0.25, 0.3) is 11.0 Å². The minimum atomic E-state index is 0.717. The molecule has 0 unspecified atom stereocenters. The Hall–Kier alpha value is -3.41. The van der Waals surface area contributed by atoms with Crippen LogP contribution in [0.15, 0.2) is 60.9 Å². The van der Waals surface area contributed by atoms with E-state index in [0.29, 0.717) is 0 Å². The van der Waals surface area contributed by atoms with Crippen LogP contribution in [0, 0.1) is 6.92 Å². The third-order valence-corrected chi connectivity index (χ3v) is 6.07. The van der Waals surface area contributed by atoms with Gasteiger partial charge in [-0.05, 0) is 31.0 Å². The zero-order chi connectivity index (χ0) is 21.2. The van der Waals surface area contributed by atoms with Gasteiger partial charge in [0.25, 0.3) is 0 Å².